The van der Waals surface area contributed by atoms with Crippen LogP contribution in [-0.4, -0.2) is 30.4 Å². The molecule has 2 aromatic rings. The molecular weight excluding hydrogens is 367 g/mol. The molecule has 0 bridgehead atoms. The highest BCUT2D eigenvalue weighted by atomic mass is 32.2. The van der Waals surface area contributed by atoms with Crippen molar-refractivity contribution in [3.63, 3.8) is 0 Å². The number of carbonyl (C=O) groups is 2. The summed E-state index contributed by atoms with van der Waals surface area (Å²) < 4.78 is 18.7. The predicted molar refractivity (Wildman–Crippen MR) is 104 cm³/mol. The molecule has 0 heterocycles. The Labute approximate surface area is 162 Å². The summed E-state index contributed by atoms with van der Waals surface area (Å²) in [5.41, 5.74) is 1.31. The lowest BCUT2D eigenvalue weighted by molar-refractivity contribution is 0.0530. The number of carbonyl (C=O) groups excluding carboxylic acids is 2. The van der Waals surface area contributed by atoms with Crippen LogP contribution in [0.5, 0.6) is 0 Å². The first-order valence-electron chi connectivity index (χ1n) is 8.63. The summed E-state index contributed by atoms with van der Waals surface area (Å²) in [6.07, 6.45) is 0. The van der Waals surface area contributed by atoms with Crippen LogP contribution in [0.2, 0.25) is 0 Å². The quantitative estimate of drug-likeness (QED) is 0.406. The number of hydrogen-bond donors (Lipinski definition) is 2. The largest absolute Gasteiger partial charge is 0.461 e. The number of halogens is 1. The van der Waals surface area contributed by atoms with E-state index in [4.69, 9.17) is 4.74 Å². The van der Waals surface area contributed by atoms with Crippen molar-refractivity contribution >= 4 is 23.8 Å². The van der Waals surface area contributed by atoms with Crippen LogP contribution in [-0.2, 0) is 11.3 Å². The molecule has 0 saturated heterocycles. The number of hydrogen-bond acceptors (Lipinski definition) is 4. The number of amides is 2. The van der Waals surface area contributed by atoms with Gasteiger partial charge in [-0.05, 0) is 43.7 Å². The van der Waals surface area contributed by atoms with E-state index in [2.05, 4.69) is 10.6 Å². The summed E-state index contributed by atoms with van der Waals surface area (Å²) in [4.78, 5) is 24.1. The van der Waals surface area contributed by atoms with E-state index >= 15 is 0 Å². The Bertz CT molecular complexity index is 766. The molecule has 144 valence electrons. The first-order valence-corrected chi connectivity index (χ1v) is 9.62. The van der Waals surface area contributed by atoms with Gasteiger partial charge in [0.1, 0.15) is 12.4 Å². The van der Waals surface area contributed by atoms with E-state index in [-0.39, 0.29) is 24.5 Å². The predicted octanol–water partition coefficient (Wildman–Crippen LogP) is 3.98. The van der Waals surface area contributed by atoms with Gasteiger partial charge in [-0.25, -0.2) is 14.0 Å². The molecule has 2 N–H and O–H groups in total. The standard InChI is InChI=1S/C20H23FN2O3S/c1-14(2)23-20(25)22-13-15-7-9-16(10-8-15)19(24)26-11-12-27-18-6-4-3-5-17(18)21/h3-10,14H,11-13H2,1-2H3,(H2,22,23,25). The van der Waals surface area contributed by atoms with Gasteiger partial charge in [-0.15, -0.1) is 11.8 Å². The van der Waals surface area contributed by atoms with E-state index < -0.39 is 5.97 Å². The Morgan fingerprint density at radius 3 is 2.48 bits per heavy atom. The average molecular weight is 390 g/mol. The van der Waals surface area contributed by atoms with Crippen molar-refractivity contribution < 1.29 is 18.7 Å². The van der Waals surface area contributed by atoms with Crippen molar-refractivity contribution in [2.24, 2.45) is 0 Å². The van der Waals surface area contributed by atoms with Gasteiger partial charge in [-0.1, -0.05) is 24.3 Å². The second kappa shape index (κ2) is 10.6. The molecule has 7 heteroatoms. The molecule has 27 heavy (non-hydrogen) atoms. The van der Waals surface area contributed by atoms with Crippen LogP contribution in [0.25, 0.3) is 0 Å². The van der Waals surface area contributed by atoms with Gasteiger partial charge in [-0.3, -0.25) is 0 Å². The smallest absolute Gasteiger partial charge is 0.338 e. The number of thioether (sulfide) groups is 1. The number of ether oxygens (including phenoxy) is 1. The summed E-state index contributed by atoms with van der Waals surface area (Å²) >= 11 is 1.30. The van der Waals surface area contributed by atoms with Crippen LogP contribution in [0.15, 0.2) is 53.4 Å². The molecule has 0 atom stereocenters. The van der Waals surface area contributed by atoms with Crippen molar-refractivity contribution in [3.05, 3.63) is 65.5 Å². The fourth-order valence-electron chi connectivity index (χ4n) is 2.19. The van der Waals surface area contributed by atoms with E-state index in [9.17, 15) is 14.0 Å². The highest BCUT2D eigenvalue weighted by molar-refractivity contribution is 7.99. The molecule has 0 aliphatic heterocycles. The van der Waals surface area contributed by atoms with Gasteiger partial charge in [0.05, 0.1) is 5.56 Å². The lowest BCUT2D eigenvalue weighted by atomic mass is 10.1. The lowest BCUT2D eigenvalue weighted by Gasteiger charge is -2.10. The molecule has 0 radical (unpaired) electrons. The molecule has 0 unspecified atom stereocenters. The molecular formula is C20H23FN2O3S. The summed E-state index contributed by atoms with van der Waals surface area (Å²) in [7, 11) is 0. The maximum Gasteiger partial charge on any atom is 0.338 e. The Morgan fingerprint density at radius 1 is 1.11 bits per heavy atom. The zero-order valence-corrected chi connectivity index (χ0v) is 16.1. The van der Waals surface area contributed by atoms with E-state index in [0.717, 1.165) is 5.56 Å². The highest BCUT2D eigenvalue weighted by Crippen LogP contribution is 2.20. The maximum atomic E-state index is 13.5. The number of urea groups is 1. The fraction of sp³-hybridized carbons (Fsp3) is 0.300. The minimum atomic E-state index is -0.429. The first kappa shape index (κ1) is 20.8. The van der Waals surface area contributed by atoms with Crippen molar-refractivity contribution in [2.45, 2.75) is 31.3 Å². The van der Waals surface area contributed by atoms with Gasteiger partial charge >= 0.3 is 12.0 Å². The van der Waals surface area contributed by atoms with Crippen molar-refractivity contribution in [3.8, 4) is 0 Å². The molecule has 0 saturated carbocycles. The molecule has 0 aromatic heterocycles. The Hall–Kier alpha value is -2.54. The van der Waals surface area contributed by atoms with E-state index in [1.165, 1.54) is 17.8 Å². The maximum absolute atomic E-state index is 13.5. The van der Waals surface area contributed by atoms with Crippen molar-refractivity contribution in [1.82, 2.24) is 10.6 Å². The summed E-state index contributed by atoms with van der Waals surface area (Å²) in [5.74, 6) is -0.235. The topological polar surface area (TPSA) is 67.4 Å². The minimum absolute atomic E-state index is 0.0682. The van der Waals surface area contributed by atoms with Gasteiger partial charge in [0.2, 0.25) is 0 Å². The number of rotatable bonds is 8. The van der Waals surface area contributed by atoms with E-state index in [1.807, 2.05) is 13.8 Å². The third kappa shape index (κ3) is 7.30. The number of benzene rings is 2. The molecule has 2 rings (SSSR count). The molecule has 0 fully saturated rings. The molecule has 2 aromatic carbocycles. The van der Waals surface area contributed by atoms with Gasteiger partial charge in [0.15, 0.2) is 0 Å². The zero-order valence-electron chi connectivity index (χ0n) is 15.3. The second-order valence-corrected chi connectivity index (χ2v) is 7.23. The van der Waals surface area contributed by atoms with Crippen molar-refractivity contribution in [1.29, 1.82) is 0 Å². The summed E-state index contributed by atoms with van der Waals surface area (Å²) in [6, 6.07) is 13.2. The van der Waals surface area contributed by atoms with Crippen LogP contribution in [0.4, 0.5) is 9.18 Å². The molecule has 0 spiro atoms. The van der Waals surface area contributed by atoms with Crippen LogP contribution in [0.1, 0.15) is 29.8 Å². The SMILES string of the molecule is CC(C)NC(=O)NCc1ccc(C(=O)OCCSc2ccccc2F)cc1. The van der Waals surface area contributed by atoms with E-state index in [0.29, 0.717) is 22.8 Å². The van der Waals surface area contributed by atoms with Crippen LogP contribution in [0, 0.1) is 5.82 Å². The second-order valence-electron chi connectivity index (χ2n) is 6.09. The molecule has 0 aliphatic rings. The van der Waals surface area contributed by atoms with Crippen molar-refractivity contribution in [2.75, 3.05) is 12.4 Å². The minimum Gasteiger partial charge on any atom is -0.461 e. The lowest BCUT2D eigenvalue weighted by Crippen LogP contribution is -2.39. The molecule has 2 amide bonds. The summed E-state index contributed by atoms with van der Waals surface area (Å²) in [6.45, 7) is 4.33. The summed E-state index contributed by atoms with van der Waals surface area (Å²) in [5, 5.41) is 5.48. The monoisotopic (exact) mass is 390 g/mol. The van der Waals surface area contributed by atoms with Crippen LogP contribution >= 0.6 is 11.8 Å². The Balaban J connectivity index is 1.73. The fourth-order valence-corrected chi connectivity index (χ4v) is 2.95. The third-order valence-electron chi connectivity index (χ3n) is 3.47. The number of nitrogens with one attached hydrogen (secondary N) is 2. The Kier molecular flexibility index (Phi) is 8.13. The highest BCUT2D eigenvalue weighted by Gasteiger charge is 2.08. The number of esters is 1. The van der Waals surface area contributed by atoms with Gasteiger partial charge in [-0.2, -0.15) is 0 Å². The Morgan fingerprint density at radius 2 is 1.81 bits per heavy atom. The van der Waals surface area contributed by atoms with Gasteiger partial charge in [0, 0.05) is 23.2 Å². The normalized spacial score (nSPS) is 10.5. The average Bonchev–Trinajstić information content (AvgIpc) is 2.64. The van der Waals surface area contributed by atoms with Crippen LogP contribution in [0.3, 0.4) is 0 Å². The zero-order chi connectivity index (χ0) is 19.6. The van der Waals surface area contributed by atoms with Gasteiger partial charge in [0.25, 0.3) is 0 Å². The van der Waals surface area contributed by atoms with Crippen LogP contribution < -0.4 is 10.6 Å². The van der Waals surface area contributed by atoms with E-state index in [1.54, 1.807) is 42.5 Å². The first-order chi connectivity index (χ1) is 13.0. The molecule has 0 aliphatic carbocycles. The van der Waals surface area contributed by atoms with Gasteiger partial charge < -0.3 is 15.4 Å². The third-order valence-corrected chi connectivity index (χ3v) is 4.49. The molecule has 5 nitrogen and oxygen atoms in total.